The van der Waals surface area contributed by atoms with E-state index in [-0.39, 0.29) is 11.5 Å². The van der Waals surface area contributed by atoms with Gasteiger partial charge >= 0.3 is 0 Å². The zero-order chi connectivity index (χ0) is 14.6. The van der Waals surface area contributed by atoms with Crippen molar-refractivity contribution in [2.45, 2.75) is 33.8 Å². The molecule has 0 heterocycles. The number of ether oxygens (including phenoxy) is 1. The van der Waals surface area contributed by atoms with Crippen molar-refractivity contribution in [1.82, 2.24) is 5.32 Å². The average molecular weight is 304 g/mol. The molecule has 19 heavy (non-hydrogen) atoms. The molecule has 1 aromatic rings. The van der Waals surface area contributed by atoms with E-state index >= 15 is 0 Å². The average Bonchev–Trinajstić information content (AvgIpc) is 2.23. The van der Waals surface area contributed by atoms with Crippen molar-refractivity contribution in [3.63, 3.8) is 0 Å². The molecule has 0 unspecified atom stereocenters. The predicted octanol–water partition coefficient (Wildman–Crippen LogP) is 4.63. The molecule has 0 aromatic heterocycles. The highest BCUT2D eigenvalue weighted by Gasteiger charge is 2.19. The van der Waals surface area contributed by atoms with Gasteiger partial charge in [-0.2, -0.15) is 0 Å². The minimum Gasteiger partial charge on any atom is -0.375 e. The third-order valence-corrected chi connectivity index (χ3v) is 3.44. The second-order valence-corrected chi connectivity index (χ2v) is 6.87. The predicted molar refractivity (Wildman–Crippen MR) is 83.3 cm³/mol. The second-order valence-electron chi connectivity index (χ2n) is 6.06. The summed E-state index contributed by atoms with van der Waals surface area (Å²) in [6, 6.07) is 3.83. The number of methoxy groups -OCH3 is 1. The number of rotatable bonds is 5. The largest absolute Gasteiger partial charge is 0.375 e. The molecule has 1 aromatic carbocycles. The molecular formula is C15H23Cl2NO. The Morgan fingerprint density at radius 3 is 2.16 bits per heavy atom. The Labute approximate surface area is 126 Å². The zero-order valence-corrected chi connectivity index (χ0v) is 13.8. The summed E-state index contributed by atoms with van der Waals surface area (Å²) < 4.78 is 5.52. The molecule has 0 aliphatic rings. The monoisotopic (exact) mass is 303 g/mol. The summed E-state index contributed by atoms with van der Waals surface area (Å²) in [4.78, 5) is 0. The van der Waals surface area contributed by atoms with Crippen molar-refractivity contribution in [3.8, 4) is 0 Å². The van der Waals surface area contributed by atoms with Crippen molar-refractivity contribution in [2.24, 2.45) is 5.41 Å². The summed E-state index contributed by atoms with van der Waals surface area (Å²) in [5, 5.41) is 4.72. The fraction of sp³-hybridized carbons (Fsp3) is 0.600. The van der Waals surface area contributed by atoms with Gasteiger partial charge in [-0.3, -0.25) is 0 Å². The molecule has 1 rings (SSSR count). The standard InChI is InChI=1S/C15H23Cl2NO/c1-10-6-11(16)14(12(17)7-10)13(19-5)8-18-9-15(2,3)4/h6-7,13,18H,8-9H2,1-5H3/t13-/m1/s1. The van der Waals surface area contributed by atoms with Crippen LogP contribution >= 0.6 is 23.2 Å². The second kappa shape index (κ2) is 6.94. The first-order chi connectivity index (χ1) is 8.74. The highest BCUT2D eigenvalue weighted by atomic mass is 35.5. The van der Waals surface area contributed by atoms with Crippen LogP contribution in [0.5, 0.6) is 0 Å². The number of benzene rings is 1. The zero-order valence-electron chi connectivity index (χ0n) is 12.3. The summed E-state index contributed by atoms with van der Waals surface area (Å²) >= 11 is 12.6. The highest BCUT2D eigenvalue weighted by molar-refractivity contribution is 6.36. The van der Waals surface area contributed by atoms with E-state index < -0.39 is 0 Å². The van der Waals surface area contributed by atoms with Gasteiger partial charge < -0.3 is 10.1 Å². The van der Waals surface area contributed by atoms with E-state index in [4.69, 9.17) is 27.9 Å². The van der Waals surface area contributed by atoms with Crippen LogP contribution in [0.1, 0.15) is 38.0 Å². The minimum absolute atomic E-state index is 0.136. The van der Waals surface area contributed by atoms with E-state index in [0.717, 1.165) is 17.7 Å². The SMILES string of the molecule is CO[C@H](CNCC(C)(C)C)c1c(Cl)cc(C)cc1Cl. The molecule has 0 aliphatic carbocycles. The lowest BCUT2D eigenvalue weighted by Crippen LogP contribution is -2.31. The van der Waals surface area contributed by atoms with Crippen LogP contribution in [0, 0.1) is 12.3 Å². The lowest BCUT2D eigenvalue weighted by Gasteiger charge is -2.23. The minimum atomic E-state index is -0.136. The maximum atomic E-state index is 6.28. The highest BCUT2D eigenvalue weighted by Crippen LogP contribution is 2.33. The maximum Gasteiger partial charge on any atom is 0.0974 e. The van der Waals surface area contributed by atoms with Crippen LogP contribution in [0.4, 0.5) is 0 Å². The van der Waals surface area contributed by atoms with Gasteiger partial charge in [0.05, 0.1) is 6.10 Å². The molecular weight excluding hydrogens is 281 g/mol. The smallest absolute Gasteiger partial charge is 0.0974 e. The maximum absolute atomic E-state index is 6.28. The van der Waals surface area contributed by atoms with Gasteiger partial charge in [-0.25, -0.2) is 0 Å². The van der Waals surface area contributed by atoms with Gasteiger partial charge in [-0.15, -0.1) is 0 Å². The van der Waals surface area contributed by atoms with Crippen LogP contribution in [0.25, 0.3) is 0 Å². The van der Waals surface area contributed by atoms with Gasteiger partial charge in [0.2, 0.25) is 0 Å². The Balaban J connectivity index is 2.80. The molecule has 0 aliphatic heterocycles. The van der Waals surface area contributed by atoms with Crippen LogP contribution in [0.3, 0.4) is 0 Å². The number of hydrogen-bond donors (Lipinski definition) is 1. The van der Waals surface area contributed by atoms with Crippen molar-refractivity contribution >= 4 is 23.2 Å². The van der Waals surface area contributed by atoms with Crippen LogP contribution in [-0.4, -0.2) is 20.2 Å². The lowest BCUT2D eigenvalue weighted by molar-refractivity contribution is 0.100. The van der Waals surface area contributed by atoms with Gasteiger partial charge in [0.25, 0.3) is 0 Å². The van der Waals surface area contributed by atoms with E-state index in [0.29, 0.717) is 16.6 Å². The Bertz CT molecular complexity index is 404. The lowest BCUT2D eigenvalue weighted by atomic mass is 9.97. The number of halogens is 2. The molecule has 108 valence electrons. The third kappa shape index (κ3) is 5.31. The third-order valence-electron chi connectivity index (χ3n) is 2.81. The van der Waals surface area contributed by atoms with Crippen molar-refractivity contribution < 1.29 is 4.74 Å². The molecule has 0 spiro atoms. The Kier molecular flexibility index (Phi) is 6.13. The summed E-state index contributed by atoms with van der Waals surface area (Å²) in [7, 11) is 1.68. The molecule has 1 N–H and O–H groups in total. The van der Waals surface area contributed by atoms with Gasteiger partial charge in [0.1, 0.15) is 0 Å². The van der Waals surface area contributed by atoms with Crippen LogP contribution in [-0.2, 0) is 4.74 Å². The molecule has 4 heteroatoms. The first kappa shape index (κ1) is 16.8. The Morgan fingerprint density at radius 1 is 1.21 bits per heavy atom. The van der Waals surface area contributed by atoms with Crippen LogP contribution in [0.2, 0.25) is 10.0 Å². The molecule has 0 amide bonds. The van der Waals surface area contributed by atoms with E-state index in [9.17, 15) is 0 Å². The number of nitrogens with one attached hydrogen (secondary N) is 1. The van der Waals surface area contributed by atoms with Gasteiger partial charge in [-0.05, 0) is 30.0 Å². The van der Waals surface area contributed by atoms with E-state index in [2.05, 4.69) is 26.1 Å². The van der Waals surface area contributed by atoms with Crippen molar-refractivity contribution in [3.05, 3.63) is 33.3 Å². The molecule has 0 bridgehead atoms. The first-order valence-corrected chi connectivity index (χ1v) is 7.19. The van der Waals surface area contributed by atoms with Crippen LogP contribution < -0.4 is 5.32 Å². The fourth-order valence-electron chi connectivity index (χ4n) is 1.90. The van der Waals surface area contributed by atoms with Gasteiger partial charge in [0.15, 0.2) is 0 Å². The summed E-state index contributed by atoms with van der Waals surface area (Å²) in [5.74, 6) is 0. The van der Waals surface area contributed by atoms with E-state index in [1.807, 2.05) is 19.1 Å². The van der Waals surface area contributed by atoms with Crippen LogP contribution in [0.15, 0.2) is 12.1 Å². The summed E-state index contributed by atoms with van der Waals surface area (Å²) in [6.45, 7) is 10.1. The molecule has 0 radical (unpaired) electrons. The quantitative estimate of drug-likeness (QED) is 0.856. The van der Waals surface area contributed by atoms with E-state index in [1.165, 1.54) is 0 Å². The molecule has 0 fully saturated rings. The number of hydrogen-bond acceptors (Lipinski definition) is 2. The summed E-state index contributed by atoms with van der Waals surface area (Å²) in [5.41, 5.74) is 2.15. The normalized spacial score (nSPS) is 13.6. The molecule has 2 nitrogen and oxygen atoms in total. The Hall–Kier alpha value is -0.280. The van der Waals surface area contributed by atoms with Gasteiger partial charge in [-0.1, -0.05) is 44.0 Å². The number of aryl methyl sites for hydroxylation is 1. The molecule has 0 saturated carbocycles. The first-order valence-electron chi connectivity index (χ1n) is 6.43. The van der Waals surface area contributed by atoms with E-state index in [1.54, 1.807) is 7.11 Å². The topological polar surface area (TPSA) is 21.3 Å². The summed E-state index contributed by atoms with van der Waals surface area (Å²) in [6.07, 6.45) is -0.136. The molecule has 1 atom stereocenters. The fourth-order valence-corrected chi connectivity index (χ4v) is 2.74. The van der Waals surface area contributed by atoms with Crippen molar-refractivity contribution in [2.75, 3.05) is 20.2 Å². The van der Waals surface area contributed by atoms with Gasteiger partial charge in [0, 0.05) is 35.8 Å². The van der Waals surface area contributed by atoms with Crippen molar-refractivity contribution in [1.29, 1.82) is 0 Å². The molecule has 0 saturated heterocycles. The Morgan fingerprint density at radius 2 is 1.74 bits per heavy atom.